The van der Waals surface area contributed by atoms with Gasteiger partial charge in [0.05, 0.1) is 18.9 Å². The van der Waals surface area contributed by atoms with Gasteiger partial charge in [-0.3, -0.25) is 4.79 Å². The minimum absolute atomic E-state index is 0.0857. The summed E-state index contributed by atoms with van der Waals surface area (Å²) in [5.74, 6) is -1.81. The van der Waals surface area contributed by atoms with Crippen molar-refractivity contribution in [3.63, 3.8) is 0 Å². The largest absolute Gasteiger partial charge is 0.466 e. The fourth-order valence-electron chi connectivity index (χ4n) is 1.92. The van der Waals surface area contributed by atoms with Crippen LogP contribution >= 0.6 is 0 Å². The molecule has 0 saturated heterocycles. The van der Waals surface area contributed by atoms with Crippen LogP contribution < -0.4 is 10.6 Å². The maximum absolute atomic E-state index is 13.7. The number of rotatable bonds is 6. The lowest BCUT2D eigenvalue weighted by Gasteiger charge is -2.12. The normalized spacial score (nSPS) is 10.8. The van der Waals surface area contributed by atoms with Gasteiger partial charge in [0.1, 0.15) is 11.5 Å². The Hall–Kier alpha value is -3.15. The fourth-order valence-corrected chi connectivity index (χ4v) is 1.92. The molecular formula is C18H17FN2O3. The summed E-state index contributed by atoms with van der Waals surface area (Å²) in [6, 6.07) is 15.1. The summed E-state index contributed by atoms with van der Waals surface area (Å²) in [7, 11) is 1.20. The average molecular weight is 328 g/mol. The van der Waals surface area contributed by atoms with Crippen LogP contribution in [-0.4, -0.2) is 19.0 Å². The average Bonchev–Trinajstić information content (AvgIpc) is 2.61. The Morgan fingerprint density at radius 3 is 2.42 bits per heavy atom. The predicted molar refractivity (Wildman–Crippen MR) is 88.4 cm³/mol. The molecule has 0 aliphatic heterocycles. The summed E-state index contributed by atoms with van der Waals surface area (Å²) in [6.45, 7) is 0.275. The highest BCUT2D eigenvalue weighted by atomic mass is 19.1. The van der Waals surface area contributed by atoms with E-state index in [4.69, 9.17) is 0 Å². The van der Waals surface area contributed by atoms with Crippen LogP contribution in [0.15, 0.2) is 66.4 Å². The Morgan fingerprint density at radius 2 is 1.75 bits per heavy atom. The van der Waals surface area contributed by atoms with Crippen molar-refractivity contribution in [1.29, 1.82) is 0 Å². The van der Waals surface area contributed by atoms with Gasteiger partial charge in [-0.2, -0.15) is 0 Å². The summed E-state index contributed by atoms with van der Waals surface area (Å²) in [4.78, 5) is 23.8. The first kappa shape index (κ1) is 17.2. The minimum Gasteiger partial charge on any atom is -0.466 e. The standard InChI is InChI=1S/C18H17FN2O3/c1-24-17(22)11-16(21-15-10-6-5-9-14(15)19)18(23)20-12-13-7-3-2-4-8-13/h2-11,21H,12H2,1H3,(H,20,23)/b16-11-. The van der Waals surface area contributed by atoms with Gasteiger partial charge in [-0.15, -0.1) is 0 Å². The van der Waals surface area contributed by atoms with E-state index < -0.39 is 17.7 Å². The Kier molecular flexibility index (Phi) is 6.08. The van der Waals surface area contributed by atoms with E-state index in [1.165, 1.54) is 25.3 Å². The molecule has 0 radical (unpaired) electrons. The van der Waals surface area contributed by atoms with Crippen molar-refractivity contribution in [3.05, 3.63) is 77.8 Å². The molecule has 124 valence electrons. The van der Waals surface area contributed by atoms with E-state index in [0.717, 1.165) is 11.6 Å². The van der Waals surface area contributed by atoms with Crippen LogP contribution in [0.3, 0.4) is 0 Å². The number of para-hydroxylation sites is 1. The lowest BCUT2D eigenvalue weighted by molar-refractivity contribution is -0.135. The molecule has 0 unspecified atom stereocenters. The van der Waals surface area contributed by atoms with Crippen molar-refractivity contribution in [2.45, 2.75) is 6.54 Å². The van der Waals surface area contributed by atoms with Crippen LogP contribution in [-0.2, 0) is 20.9 Å². The van der Waals surface area contributed by atoms with Gasteiger partial charge >= 0.3 is 5.97 Å². The van der Waals surface area contributed by atoms with Crippen molar-refractivity contribution in [1.82, 2.24) is 5.32 Å². The van der Waals surface area contributed by atoms with Crippen LogP contribution in [0.4, 0.5) is 10.1 Å². The molecule has 0 heterocycles. The molecule has 2 aromatic carbocycles. The summed E-state index contributed by atoms with van der Waals surface area (Å²) in [5.41, 5.74) is 0.875. The lowest BCUT2D eigenvalue weighted by atomic mass is 10.2. The van der Waals surface area contributed by atoms with E-state index in [9.17, 15) is 14.0 Å². The second-order valence-corrected chi connectivity index (χ2v) is 4.85. The zero-order chi connectivity index (χ0) is 17.4. The van der Waals surface area contributed by atoms with Crippen LogP contribution in [0.2, 0.25) is 0 Å². The highest BCUT2D eigenvalue weighted by Crippen LogP contribution is 2.15. The van der Waals surface area contributed by atoms with Crippen LogP contribution in [0.25, 0.3) is 0 Å². The van der Waals surface area contributed by atoms with E-state index in [2.05, 4.69) is 15.4 Å². The van der Waals surface area contributed by atoms with E-state index in [1.807, 2.05) is 30.3 Å². The van der Waals surface area contributed by atoms with E-state index in [-0.39, 0.29) is 17.9 Å². The Labute approximate surface area is 139 Å². The monoisotopic (exact) mass is 328 g/mol. The first-order valence-electron chi connectivity index (χ1n) is 7.23. The van der Waals surface area contributed by atoms with Crippen LogP contribution in [0.5, 0.6) is 0 Å². The molecule has 0 bridgehead atoms. The number of nitrogens with one attached hydrogen (secondary N) is 2. The van der Waals surface area contributed by atoms with Crippen molar-refractivity contribution in [2.24, 2.45) is 0 Å². The molecule has 2 rings (SSSR count). The van der Waals surface area contributed by atoms with Gasteiger partial charge in [0, 0.05) is 6.54 Å². The Bertz CT molecular complexity index is 745. The quantitative estimate of drug-likeness (QED) is 0.632. The van der Waals surface area contributed by atoms with Gasteiger partial charge in [0.15, 0.2) is 0 Å². The SMILES string of the molecule is COC(=O)/C=C(\Nc1ccccc1F)C(=O)NCc1ccccc1. The third-order valence-corrected chi connectivity index (χ3v) is 3.15. The number of benzene rings is 2. The number of hydrogen-bond acceptors (Lipinski definition) is 4. The highest BCUT2D eigenvalue weighted by molar-refractivity contribution is 6.01. The highest BCUT2D eigenvalue weighted by Gasteiger charge is 2.14. The fraction of sp³-hybridized carbons (Fsp3) is 0.111. The Balaban J connectivity index is 2.13. The molecule has 0 saturated carbocycles. The molecule has 24 heavy (non-hydrogen) atoms. The van der Waals surface area contributed by atoms with E-state index >= 15 is 0 Å². The number of anilines is 1. The molecule has 5 nitrogen and oxygen atoms in total. The molecule has 2 N–H and O–H groups in total. The van der Waals surface area contributed by atoms with Gasteiger partial charge in [0.2, 0.25) is 0 Å². The summed E-state index contributed by atoms with van der Waals surface area (Å²) in [5, 5.41) is 5.29. The van der Waals surface area contributed by atoms with Crippen molar-refractivity contribution in [2.75, 3.05) is 12.4 Å². The van der Waals surface area contributed by atoms with E-state index in [1.54, 1.807) is 6.07 Å². The maximum Gasteiger partial charge on any atom is 0.332 e. The molecule has 0 aromatic heterocycles. The second-order valence-electron chi connectivity index (χ2n) is 4.85. The zero-order valence-electron chi connectivity index (χ0n) is 13.1. The Morgan fingerprint density at radius 1 is 1.08 bits per heavy atom. The minimum atomic E-state index is -0.719. The smallest absolute Gasteiger partial charge is 0.332 e. The number of hydrogen-bond donors (Lipinski definition) is 2. The molecule has 6 heteroatoms. The van der Waals surface area contributed by atoms with Crippen LogP contribution in [0, 0.1) is 5.82 Å². The van der Waals surface area contributed by atoms with Gasteiger partial charge in [-0.25, -0.2) is 9.18 Å². The lowest BCUT2D eigenvalue weighted by Crippen LogP contribution is -2.28. The number of ether oxygens (including phenoxy) is 1. The van der Waals surface area contributed by atoms with Crippen molar-refractivity contribution < 1.29 is 18.7 Å². The van der Waals surface area contributed by atoms with Gasteiger partial charge in [0.25, 0.3) is 5.91 Å². The zero-order valence-corrected chi connectivity index (χ0v) is 13.1. The number of methoxy groups -OCH3 is 1. The number of carbonyl (C=O) groups is 2. The number of halogens is 1. The van der Waals surface area contributed by atoms with Gasteiger partial charge in [-0.05, 0) is 17.7 Å². The molecule has 1 amide bonds. The molecular weight excluding hydrogens is 311 g/mol. The second kappa shape index (κ2) is 8.47. The van der Waals surface area contributed by atoms with Crippen molar-refractivity contribution >= 4 is 17.6 Å². The first-order chi connectivity index (χ1) is 11.6. The molecule has 0 aliphatic carbocycles. The molecule has 0 spiro atoms. The van der Waals surface area contributed by atoms with Crippen molar-refractivity contribution in [3.8, 4) is 0 Å². The third kappa shape index (κ3) is 4.95. The third-order valence-electron chi connectivity index (χ3n) is 3.15. The predicted octanol–water partition coefficient (Wildman–Crippen LogP) is 2.61. The maximum atomic E-state index is 13.7. The number of esters is 1. The first-order valence-corrected chi connectivity index (χ1v) is 7.23. The summed E-state index contributed by atoms with van der Waals surface area (Å²) in [6.07, 6.45) is 0.979. The van der Waals surface area contributed by atoms with Gasteiger partial charge in [-0.1, -0.05) is 42.5 Å². The number of amides is 1. The topological polar surface area (TPSA) is 67.4 Å². The van der Waals surface area contributed by atoms with Gasteiger partial charge < -0.3 is 15.4 Å². The molecule has 0 fully saturated rings. The summed E-state index contributed by atoms with van der Waals surface area (Å²) < 4.78 is 18.3. The summed E-state index contributed by atoms with van der Waals surface area (Å²) >= 11 is 0. The van der Waals surface area contributed by atoms with Crippen LogP contribution in [0.1, 0.15) is 5.56 Å². The van der Waals surface area contributed by atoms with E-state index in [0.29, 0.717) is 0 Å². The molecule has 0 atom stereocenters. The molecule has 0 aliphatic rings. The number of carbonyl (C=O) groups excluding carboxylic acids is 2. The molecule has 2 aromatic rings.